The molecule has 2 aromatic heterocycles. The van der Waals surface area contributed by atoms with Gasteiger partial charge in [-0.15, -0.1) is 11.3 Å². The van der Waals surface area contributed by atoms with Crippen LogP contribution in [0.1, 0.15) is 23.2 Å². The van der Waals surface area contributed by atoms with Crippen LogP contribution in [-0.4, -0.2) is 34.8 Å². The molecule has 3 rings (SSSR count). The van der Waals surface area contributed by atoms with Crippen LogP contribution in [0.4, 0.5) is 0 Å². The fourth-order valence-corrected chi connectivity index (χ4v) is 3.33. The molecule has 0 spiro atoms. The molecule has 27 heavy (non-hydrogen) atoms. The maximum atomic E-state index is 5.18. The fraction of sp³-hybridized carbons (Fsp3) is 0.316. The Kier molecular flexibility index (Phi) is 6.43. The van der Waals surface area contributed by atoms with E-state index in [9.17, 15) is 0 Å². The zero-order chi connectivity index (χ0) is 19.1. The smallest absolute Gasteiger partial charge is 0.191 e. The lowest BCUT2D eigenvalue weighted by atomic mass is 10.2. The summed E-state index contributed by atoms with van der Waals surface area (Å²) in [5, 5.41) is 15.9. The second-order valence-electron chi connectivity index (χ2n) is 5.91. The number of rotatable bonds is 7. The molecular formula is C19H24N6OS. The molecule has 142 valence electrons. The number of aryl methyl sites for hydroxylation is 1. The lowest BCUT2D eigenvalue weighted by Crippen LogP contribution is -2.36. The Morgan fingerprint density at radius 1 is 1.22 bits per heavy atom. The van der Waals surface area contributed by atoms with Gasteiger partial charge in [-0.05, 0) is 55.1 Å². The summed E-state index contributed by atoms with van der Waals surface area (Å²) >= 11 is 1.74. The van der Waals surface area contributed by atoms with Crippen molar-refractivity contribution in [1.82, 2.24) is 25.8 Å². The topological polar surface area (TPSA) is 87.2 Å². The van der Waals surface area contributed by atoms with Gasteiger partial charge < -0.3 is 15.4 Å². The van der Waals surface area contributed by atoms with Crippen LogP contribution in [0, 0.1) is 6.92 Å². The second-order valence-corrected chi connectivity index (χ2v) is 6.91. The van der Waals surface area contributed by atoms with Crippen LogP contribution in [0.2, 0.25) is 0 Å². The minimum absolute atomic E-state index is 0.419. The van der Waals surface area contributed by atoms with Crippen molar-refractivity contribution in [3.63, 3.8) is 0 Å². The lowest BCUT2D eigenvalue weighted by Gasteiger charge is -2.10. The summed E-state index contributed by atoms with van der Waals surface area (Å²) in [6, 6.07) is 9.78. The van der Waals surface area contributed by atoms with Crippen molar-refractivity contribution in [2.24, 2.45) is 4.99 Å². The van der Waals surface area contributed by atoms with Crippen molar-refractivity contribution >= 4 is 17.3 Å². The maximum Gasteiger partial charge on any atom is 0.191 e. The minimum Gasteiger partial charge on any atom is -0.497 e. The minimum atomic E-state index is 0.419. The first-order valence-corrected chi connectivity index (χ1v) is 9.68. The molecule has 0 aliphatic carbocycles. The molecule has 8 heteroatoms. The first-order valence-electron chi connectivity index (χ1n) is 8.80. The van der Waals surface area contributed by atoms with E-state index in [1.165, 1.54) is 10.4 Å². The van der Waals surface area contributed by atoms with E-state index in [1.54, 1.807) is 18.4 Å². The highest BCUT2D eigenvalue weighted by Gasteiger charge is 2.07. The number of hydrogen-bond donors (Lipinski definition) is 3. The predicted octanol–water partition coefficient (Wildman–Crippen LogP) is 3.11. The molecule has 0 radical (unpaired) electrons. The van der Waals surface area contributed by atoms with Gasteiger partial charge in [0.05, 0.1) is 13.7 Å². The van der Waals surface area contributed by atoms with Gasteiger partial charge in [0.25, 0.3) is 0 Å². The van der Waals surface area contributed by atoms with E-state index < -0.39 is 0 Å². The van der Waals surface area contributed by atoms with Crippen molar-refractivity contribution in [1.29, 1.82) is 0 Å². The molecule has 0 aliphatic heterocycles. The Bertz CT molecular complexity index is 884. The van der Waals surface area contributed by atoms with E-state index in [4.69, 9.17) is 4.74 Å². The number of aliphatic imine (C=N–C) groups is 1. The number of H-pyrrole nitrogens is 1. The molecule has 3 N–H and O–H groups in total. The van der Waals surface area contributed by atoms with Crippen LogP contribution < -0.4 is 15.4 Å². The summed E-state index contributed by atoms with van der Waals surface area (Å²) in [5.74, 6) is 2.93. The number of aromatic amines is 1. The van der Waals surface area contributed by atoms with Gasteiger partial charge in [0, 0.05) is 17.0 Å². The number of ether oxygens (including phenoxy) is 1. The number of aromatic nitrogens is 3. The normalized spacial score (nSPS) is 11.4. The SMILES string of the molecule is CCNC(=NCc1nc(-c2ccc(OC)cc2)n[nH]1)NCc1sccc1C. The highest BCUT2D eigenvalue weighted by Crippen LogP contribution is 2.19. The Morgan fingerprint density at radius 3 is 2.70 bits per heavy atom. The van der Waals surface area contributed by atoms with Crippen molar-refractivity contribution in [2.75, 3.05) is 13.7 Å². The largest absolute Gasteiger partial charge is 0.497 e. The summed E-state index contributed by atoms with van der Waals surface area (Å²) in [5.41, 5.74) is 2.23. The second kappa shape index (κ2) is 9.18. The third kappa shape index (κ3) is 5.07. The molecule has 0 saturated heterocycles. The van der Waals surface area contributed by atoms with Gasteiger partial charge in [-0.1, -0.05) is 0 Å². The average Bonchev–Trinajstić information content (AvgIpc) is 3.33. The number of nitrogens with zero attached hydrogens (tertiary/aromatic N) is 3. The summed E-state index contributed by atoms with van der Waals surface area (Å²) in [6.45, 7) is 6.13. The number of hydrogen-bond acceptors (Lipinski definition) is 5. The van der Waals surface area contributed by atoms with E-state index in [-0.39, 0.29) is 0 Å². The lowest BCUT2D eigenvalue weighted by molar-refractivity contribution is 0.415. The summed E-state index contributed by atoms with van der Waals surface area (Å²) in [4.78, 5) is 10.4. The van der Waals surface area contributed by atoms with E-state index in [0.717, 1.165) is 30.4 Å². The Morgan fingerprint density at radius 2 is 2.04 bits per heavy atom. The monoisotopic (exact) mass is 384 g/mol. The number of guanidine groups is 1. The van der Waals surface area contributed by atoms with Crippen LogP contribution in [0.25, 0.3) is 11.4 Å². The molecule has 7 nitrogen and oxygen atoms in total. The summed E-state index contributed by atoms with van der Waals surface area (Å²) < 4.78 is 5.18. The Labute approximate surface area is 162 Å². The molecule has 0 fully saturated rings. The van der Waals surface area contributed by atoms with E-state index in [0.29, 0.717) is 18.2 Å². The van der Waals surface area contributed by atoms with Crippen LogP contribution in [0.15, 0.2) is 40.7 Å². The third-order valence-electron chi connectivity index (χ3n) is 4.00. The molecule has 0 amide bonds. The number of nitrogens with one attached hydrogen (secondary N) is 3. The quantitative estimate of drug-likeness (QED) is 0.430. The van der Waals surface area contributed by atoms with Gasteiger partial charge in [0.15, 0.2) is 11.8 Å². The first-order chi connectivity index (χ1) is 13.2. The first kappa shape index (κ1) is 18.9. The van der Waals surface area contributed by atoms with Crippen LogP contribution >= 0.6 is 11.3 Å². The van der Waals surface area contributed by atoms with Gasteiger partial charge in [-0.25, -0.2) is 9.98 Å². The van der Waals surface area contributed by atoms with Gasteiger partial charge in [-0.3, -0.25) is 5.10 Å². The van der Waals surface area contributed by atoms with Crippen molar-refractivity contribution in [3.05, 3.63) is 52.0 Å². The van der Waals surface area contributed by atoms with Crippen molar-refractivity contribution in [2.45, 2.75) is 26.9 Å². The molecule has 0 aliphatic rings. The van der Waals surface area contributed by atoms with E-state index in [2.05, 4.69) is 49.2 Å². The average molecular weight is 385 g/mol. The van der Waals surface area contributed by atoms with Gasteiger partial charge in [0.1, 0.15) is 18.1 Å². The molecule has 0 unspecified atom stereocenters. The highest BCUT2D eigenvalue weighted by atomic mass is 32.1. The van der Waals surface area contributed by atoms with E-state index in [1.807, 2.05) is 31.2 Å². The number of thiophene rings is 1. The van der Waals surface area contributed by atoms with Crippen molar-refractivity contribution in [3.8, 4) is 17.1 Å². The molecule has 2 heterocycles. The molecular weight excluding hydrogens is 360 g/mol. The zero-order valence-corrected chi connectivity index (χ0v) is 16.6. The predicted molar refractivity (Wildman–Crippen MR) is 109 cm³/mol. The van der Waals surface area contributed by atoms with Crippen LogP contribution in [0.3, 0.4) is 0 Å². The maximum absolute atomic E-state index is 5.18. The summed E-state index contributed by atoms with van der Waals surface area (Å²) in [7, 11) is 1.65. The molecule has 3 aromatic rings. The summed E-state index contributed by atoms with van der Waals surface area (Å²) in [6.07, 6.45) is 0. The van der Waals surface area contributed by atoms with Gasteiger partial charge in [-0.2, -0.15) is 5.10 Å². The number of methoxy groups -OCH3 is 1. The third-order valence-corrected chi connectivity index (χ3v) is 5.02. The molecule has 0 atom stereocenters. The fourth-order valence-electron chi connectivity index (χ4n) is 2.48. The Balaban J connectivity index is 1.63. The van der Waals surface area contributed by atoms with E-state index >= 15 is 0 Å². The highest BCUT2D eigenvalue weighted by molar-refractivity contribution is 7.10. The molecule has 0 saturated carbocycles. The van der Waals surface area contributed by atoms with Crippen LogP contribution in [0.5, 0.6) is 5.75 Å². The van der Waals surface area contributed by atoms with Gasteiger partial charge in [0.2, 0.25) is 0 Å². The van der Waals surface area contributed by atoms with Gasteiger partial charge >= 0.3 is 0 Å². The number of benzene rings is 1. The van der Waals surface area contributed by atoms with Crippen molar-refractivity contribution < 1.29 is 4.74 Å². The molecule has 0 bridgehead atoms. The standard InChI is InChI=1S/C19H24N6OS/c1-4-20-19(21-11-16-13(2)9-10-27-16)22-12-17-23-18(25-24-17)14-5-7-15(26-3)8-6-14/h5-10H,4,11-12H2,1-3H3,(H2,20,21,22)(H,23,24,25). The zero-order valence-electron chi connectivity index (χ0n) is 15.7. The Hall–Kier alpha value is -2.87. The molecule has 1 aromatic carbocycles. The van der Waals surface area contributed by atoms with Crippen LogP contribution in [-0.2, 0) is 13.1 Å².